The number of Topliss-reactive ketones (excluding diaryl/α,β-unsaturated/α-hetero) is 1. The van der Waals surface area contributed by atoms with Crippen LogP contribution < -0.4 is 4.72 Å². The van der Waals surface area contributed by atoms with Gasteiger partial charge in [-0.1, -0.05) is 54.1 Å². The lowest BCUT2D eigenvalue weighted by atomic mass is 10.1. The largest absolute Gasteiger partial charge is 0.294 e. The van der Waals surface area contributed by atoms with E-state index in [0.717, 1.165) is 16.9 Å². The third-order valence-electron chi connectivity index (χ3n) is 4.38. The molecule has 0 radical (unpaired) electrons. The average molecular weight is 446 g/mol. The van der Waals surface area contributed by atoms with Crippen LogP contribution in [0.3, 0.4) is 0 Å². The molecule has 0 aliphatic carbocycles. The van der Waals surface area contributed by atoms with Crippen molar-refractivity contribution in [3.8, 4) is 0 Å². The van der Waals surface area contributed by atoms with Gasteiger partial charge in [0.1, 0.15) is 4.21 Å². The van der Waals surface area contributed by atoms with Gasteiger partial charge in [-0.25, -0.2) is 8.42 Å². The number of carbonyl (C=O) groups excluding carboxylic acids is 1. The predicted molar refractivity (Wildman–Crippen MR) is 115 cm³/mol. The van der Waals surface area contributed by atoms with Crippen molar-refractivity contribution < 1.29 is 13.2 Å². The molecule has 2 heterocycles. The Bertz CT molecular complexity index is 1310. The SMILES string of the molecule is CC(=O)c1cccc2c1c(NS(=O)(=O)c1ccc(Cl)s1)nn2Cc1ccccc1. The topological polar surface area (TPSA) is 81.1 Å². The van der Waals surface area contributed by atoms with E-state index in [2.05, 4.69) is 9.82 Å². The maximum Gasteiger partial charge on any atom is 0.272 e. The van der Waals surface area contributed by atoms with Gasteiger partial charge in [-0.3, -0.25) is 14.2 Å². The van der Waals surface area contributed by atoms with E-state index in [0.29, 0.717) is 27.3 Å². The molecule has 0 unspecified atom stereocenters. The number of halogens is 1. The average Bonchev–Trinajstić information content (AvgIpc) is 3.27. The first-order chi connectivity index (χ1) is 13.8. The zero-order valence-corrected chi connectivity index (χ0v) is 17.7. The fourth-order valence-electron chi connectivity index (χ4n) is 3.09. The second-order valence-electron chi connectivity index (χ2n) is 6.41. The third-order valence-corrected chi connectivity index (χ3v) is 7.44. The molecule has 29 heavy (non-hydrogen) atoms. The van der Waals surface area contributed by atoms with Crippen LogP contribution in [-0.4, -0.2) is 24.0 Å². The maximum atomic E-state index is 12.8. The normalized spacial score (nSPS) is 11.7. The molecule has 1 N–H and O–H groups in total. The van der Waals surface area contributed by atoms with Crippen LogP contribution in [0.1, 0.15) is 22.8 Å². The van der Waals surface area contributed by atoms with Gasteiger partial charge >= 0.3 is 0 Å². The number of anilines is 1. The molecule has 9 heteroatoms. The van der Waals surface area contributed by atoms with Gasteiger partial charge in [0.25, 0.3) is 10.0 Å². The van der Waals surface area contributed by atoms with Gasteiger partial charge in [0.15, 0.2) is 11.6 Å². The highest BCUT2D eigenvalue weighted by molar-refractivity contribution is 7.94. The summed E-state index contributed by atoms with van der Waals surface area (Å²) >= 11 is 6.84. The second kappa shape index (κ2) is 7.62. The molecule has 0 amide bonds. The second-order valence-corrected chi connectivity index (χ2v) is 10.0. The molecule has 2 aromatic heterocycles. The molecule has 148 valence electrons. The quantitative estimate of drug-likeness (QED) is 0.432. The Labute approximate surface area is 176 Å². The van der Waals surface area contributed by atoms with Crippen molar-refractivity contribution in [2.45, 2.75) is 17.7 Å². The number of thiophene rings is 1. The lowest BCUT2D eigenvalue weighted by Gasteiger charge is -2.05. The van der Waals surface area contributed by atoms with Crippen molar-refractivity contribution in [1.82, 2.24) is 9.78 Å². The van der Waals surface area contributed by atoms with Crippen LogP contribution in [0.25, 0.3) is 10.9 Å². The Morgan fingerprint density at radius 3 is 2.52 bits per heavy atom. The number of rotatable bonds is 6. The van der Waals surface area contributed by atoms with Gasteiger partial charge in [-0.2, -0.15) is 5.10 Å². The van der Waals surface area contributed by atoms with E-state index in [1.165, 1.54) is 19.1 Å². The van der Waals surface area contributed by atoms with Crippen LogP contribution in [0, 0.1) is 0 Å². The smallest absolute Gasteiger partial charge is 0.272 e. The first kappa shape index (κ1) is 19.6. The van der Waals surface area contributed by atoms with Gasteiger partial charge in [-0.05, 0) is 30.7 Å². The molecule has 4 rings (SSSR count). The maximum absolute atomic E-state index is 12.8. The minimum Gasteiger partial charge on any atom is -0.294 e. The summed E-state index contributed by atoms with van der Waals surface area (Å²) < 4.78 is 30.3. The Hall–Kier alpha value is -2.68. The van der Waals surface area contributed by atoms with Crippen LogP contribution in [-0.2, 0) is 16.6 Å². The van der Waals surface area contributed by atoms with Crippen molar-refractivity contribution in [2.75, 3.05) is 4.72 Å². The van der Waals surface area contributed by atoms with Crippen LogP contribution >= 0.6 is 22.9 Å². The first-order valence-electron chi connectivity index (χ1n) is 8.68. The van der Waals surface area contributed by atoms with E-state index in [-0.39, 0.29) is 15.8 Å². The highest BCUT2D eigenvalue weighted by atomic mass is 35.5. The molecule has 0 saturated heterocycles. The highest BCUT2D eigenvalue weighted by Crippen LogP contribution is 2.32. The minimum absolute atomic E-state index is 0.0774. The molecule has 0 bridgehead atoms. The van der Waals surface area contributed by atoms with Crippen molar-refractivity contribution in [3.05, 3.63) is 76.1 Å². The van der Waals surface area contributed by atoms with E-state index >= 15 is 0 Å². The Morgan fingerprint density at radius 2 is 1.86 bits per heavy atom. The Morgan fingerprint density at radius 1 is 1.10 bits per heavy atom. The summed E-state index contributed by atoms with van der Waals surface area (Å²) in [7, 11) is -3.89. The molecule has 0 aliphatic rings. The number of benzene rings is 2. The van der Waals surface area contributed by atoms with Crippen LogP contribution in [0.15, 0.2) is 64.9 Å². The number of carbonyl (C=O) groups is 1. The van der Waals surface area contributed by atoms with Crippen molar-refractivity contribution in [2.24, 2.45) is 0 Å². The summed E-state index contributed by atoms with van der Waals surface area (Å²) in [5, 5.41) is 4.97. The van der Waals surface area contributed by atoms with Crippen molar-refractivity contribution in [3.63, 3.8) is 0 Å². The molecule has 0 spiro atoms. The summed E-state index contributed by atoms with van der Waals surface area (Å²) in [6, 6.07) is 17.9. The fraction of sp³-hybridized carbons (Fsp3) is 0.100. The summed E-state index contributed by atoms with van der Waals surface area (Å²) in [5.41, 5.74) is 2.08. The zero-order chi connectivity index (χ0) is 20.6. The van der Waals surface area contributed by atoms with E-state index in [1.807, 2.05) is 36.4 Å². The van der Waals surface area contributed by atoms with Crippen molar-refractivity contribution in [1.29, 1.82) is 0 Å². The number of hydrogen-bond acceptors (Lipinski definition) is 5. The summed E-state index contributed by atoms with van der Waals surface area (Å²) in [6.45, 7) is 1.88. The van der Waals surface area contributed by atoms with Crippen LogP contribution in [0.4, 0.5) is 5.82 Å². The number of sulfonamides is 1. The van der Waals surface area contributed by atoms with E-state index in [1.54, 1.807) is 16.8 Å². The Kier molecular flexibility index (Phi) is 5.16. The van der Waals surface area contributed by atoms with Gasteiger partial charge in [0.2, 0.25) is 0 Å². The highest BCUT2D eigenvalue weighted by Gasteiger charge is 2.23. The van der Waals surface area contributed by atoms with Gasteiger partial charge < -0.3 is 0 Å². The molecular weight excluding hydrogens is 430 g/mol. The molecule has 0 aliphatic heterocycles. The van der Waals surface area contributed by atoms with Crippen LogP contribution in [0.5, 0.6) is 0 Å². The fourth-order valence-corrected chi connectivity index (χ4v) is 5.58. The summed E-state index contributed by atoms with van der Waals surface area (Å²) in [6.07, 6.45) is 0. The van der Waals surface area contributed by atoms with Crippen LogP contribution in [0.2, 0.25) is 4.34 Å². The molecule has 6 nitrogen and oxygen atoms in total. The molecule has 0 fully saturated rings. The molecule has 2 aromatic carbocycles. The van der Waals surface area contributed by atoms with Gasteiger partial charge in [0, 0.05) is 5.56 Å². The first-order valence-corrected chi connectivity index (χ1v) is 11.4. The Balaban J connectivity index is 1.85. The number of aromatic nitrogens is 2. The van der Waals surface area contributed by atoms with Gasteiger partial charge in [0.05, 0.1) is 21.8 Å². The summed E-state index contributed by atoms with van der Waals surface area (Å²) in [5.74, 6) is -0.0549. The number of nitrogens with one attached hydrogen (secondary N) is 1. The molecular formula is C20H16ClN3O3S2. The molecule has 0 saturated carbocycles. The third kappa shape index (κ3) is 3.91. The minimum atomic E-state index is -3.89. The predicted octanol–water partition coefficient (Wildman–Crippen LogP) is 4.80. The number of fused-ring (bicyclic) bond motifs is 1. The standard InChI is InChI=1S/C20H16ClN3O3S2/c1-13(25)15-8-5-9-16-19(15)20(22-24(16)12-14-6-3-2-4-7-14)23-29(26,27)18-11-10-17(21)28-18/h2-11H,12H2,1H3,(H,22,23). The number of hydrogen-bond donors (Lipinski definition) is 1. The van der Waals surface area contributed by atoms with E-state index < -0.39 is 10.0 Å². The lowest BCUT2D eigenvalue weighted by molar-refractivity contribution is 0.101. The number of ketones is 1. The molecule has 4 aromatic rings. The lowest BCUT2D eigenvalue weighted by Crippen LogP contribution is -2.13. The zero-order valence-electron chi connectivity index (χ0n) is 15.3. The summed E-state index contributed by atoms with van der Waals surface area (Å²) in [4.78, 5) is 12.2. The van der Waals surface area contributed by atoms with E-state index in [4.69, 9.17) is 11.6 Å². The van der Waals surface area contributed by atoms with Gasteiger partial charge in [-0.15, -0.1) is 11.3 Å². The van der Waals surface area contributed by atoms with E-state index in [9.17, 15) is 13.2 Å². The number of nitrogens with zero attached hydrogens (tertiary/aromatic N) is 2. The van der Waals surface area contributed by atoms with Crippen molar-refractivity contribution >= 4 is 55.5 Å². The molecule has 0 atom stereocenters. The monoisotopic (exact) mass is 445 g/mol.